The van der Waals surface area contributed by atoms with Gasteiger partial charge in [0, 0.05) is 23.6 Å². The number of hydrogen-bond acceptors (Lipinski definition) is 4. The molecule has 1 aromatic heterocycles. The largest absolute Gasteiger partial charge is 0.497 e. The highest BCUT2D eigenvalue weighted by Gasteiger charge is 2.17. The topological polar surface area (TPSA) is 51.2 Å². The first-order chi connectivity index (χ1) is 10.8. The minimum Gasteiger partial charge on any atom is -0.497 e. The molecule has 0 amide bonds. The first-order valence-electron chi connectivity index (χ1n) is 7.94. The molecule has 0 radical (unpaired) electrons. The van der Waals surface area contributed by atoms with Gasteiger partial charge in [-0.05, 0) is 62.5 Å². The van der Waals surface area contributed by atoms with Crippen molar-refractivity contribution >= 4 is 16.7 Å². The van der Waals surface area contributed by atoms with Crippen LogP contribution in [0.25, 0.3) is 10.9 Å². The lowest BCUT2D eigenvalue weighted by Gasteiger charge is -2.22. The standard InChI is InChI=1S/C18H22N2O2/c1-22-14-5-6-17-16(11-14)15(8-10-20-17)18(21)7-4-13-3-2-9-19-12-13/h5-6,8,10-11,13,19H,2-4,7,9,12H2,1H3. The normalized spacial score (nSPS) is 18.3. The monoisotopic (exact) mass is 298 g/mol. The van der Waals surface area contributed by atoms with Gasteiger partial charge < -0.3 is 10.1 Å². The Morgan fingerprint density at radius 2 is 2.32 bits per heavy atom. The van der Waals surface area contributed by atoms with Crippen LogP contribution in [-0.2, 0) is 0 Å². The van der Waals surface area contributed by atoms with E-state index in [1.807, 2.05) is 24.3 Å². The number of aromatic nitrogens is 1. The average molecular weight is 298 g/mol. The molecule has 0 aliphatic carbocycles. The summed E-state index contributed by atoms with van der Waals surface area (Å²) in [6, 6.07) is 7.49. The molecule has 1 saturated heterocycles. The predicted molar refractivity (Wildman–Crippen MR) is 87.5 cm³/mol. The maximum absolute atomic E-state index is 12.6. The zero-order valence-electron chi connectivity index (χ0n) is 13.0. The molecular weight excluding hydrogens is 276 g/mol. The minimum atomic E-state index is 0.200. The van der Waals surface area contributed by atoms with Crippen LogP contribution in [0.1, 0.15) is 36.0 Å². The molecule has 0 saturated carbocycles. The van der Waals surface area contributed by atoms with Crippen molar-refractivity contribution in [2.45, 2.75) is 25.7 Å². The van der Waals surface area contributed by atoms with Gasteiger partial charge in [-0.15, -0.1) is 0 Å². The van der Waals surface area contributed by atoms with Crippen LogP contribution in [0.3, 0.4) is 0 Å². The highest BCUT2D eigenvalue weighted by molar-refractivity contribution is 6.07. The summed E-state index contributed by atoms with van der Waals surface area (Å²) < 4.78 is 5.26. The number of hydrogen-bond donors (Lipinski definition) is 1. The number of benzene rings is 1. The zero-order chi connectivity index (χ0) is 15.4. The Labute approximate surface area is 130 Å². The second-order valence-electron chi connectivity index (χ2n) is 5.92. The fraction of sp³-hybridized carbons (Fsp3) is 0.444. The number of methoxy groups -OCH3 is 1. The number of carbonyl (C=O) groups is 1. The van der Waals surface area contributed by atoms with Gasteiger partial charge in [0.1, 0.15) is 5.75 Å². The molecule has 4 heteroatoms. The minimum absolute atomic E-state index is 0.200. The fourth-order valence-corrected chi connectivity index (χ4v) is 3.14. The number of ether oxygens (including phenoxy) is 1. The zero-order valence-corrected chi connectivity index (χ0v) is 13.0. The number of nitrogens with one attached hydrogen (secondary N) is 1. The Balaban J connectivity index is 1.77. The van der Waals surface area contributed by atoms with E-state index in [0.29, 0.717) is 12.3 Å². The third kappa shape index (κ3) is 3.28. The van der Waals surface area contributed by atoms with E-state index in [9.17, 15) is 4.79 Å². The van der Waals surface area contributed by atoms with Crippen LogP contribution in [0.15, 0.2) is 30.5 Å². The van der Waals surface area contributed by atoms with Gasteiger partial charge in [0.2, 0.25) is 0 Å². The molecule has 116 valence electrons. The fourth-order valence-electron chi connectivity index (χ4n) is 3.14. The van der Waals surface area contributed by atoms with E-state index in [2.05, 4.69) is 10.3 Å². The summed E-state index contributed by atoms with van der Waals surface area (Å²) in [4.78, 5) is 16.9. The van der Waals surface area contributed by atoms with E-state index >= 15 is 0 Å². The predicted octanol–water partition coefficient (Wildman–Crippen LogP) is 3.21. The van der Waals surface area contributed by atoms with E-state index in [0.717, 1.165) is 41.7 Å². The summed E-state index contributed by atoms with van der Waals surface area (Å²) in [6.45, 7) is 2.15. The first kappa shape index (κ1) is 15.0. The second kappa shape index (κ2) is 6.88. The molecule has 1 aliphatic heterocycles. The number of ketones is 1. The van der Waals surface area contributed by atoms with Gasteiger partial charge in [0.05, 0.1) is 12.6 Å². The first-order valence-corrected chi connectivity index (χ1v) is 7.94. The SMILES string of the molecule is COc1ccc2nccc(C(=O)CCC3CCCNC3)c2c1. The van der Waals surface area contributed by atoms with Crippen molar-refractivity contribution in [3.05, 3.63) is 36.0 Å². The molecule has 2 aromatic rings. The van der Waals surface area contributed by atoms with Gasteiger partial charge >= 0.3 is 0 Å². The van der Waals surface area contributed by atoms with Crippen LogP contribution in [0.2, 0.25) is 0 Å². The lowest BCUT2D eigenvalue weighted by atomic mass is 9.92. The lowest BCUT2D eigenvalue weighted by Crippen LogP contribution is -2.30. The van der Waals surface area contributed by atoms with E-state index in [1.54, 1.807) is 13.3 Å². The molecule has 0 bridgehead atoms. The van der Waals surface area contributed by atoms with Gasteiger partial charge in [-0.3, -0.25) is 9.78 Å². The van der Waals surface area contributed by atoms with Crippen molar-refractivity contribution in [1.82, 2.24) is 10.3 Å². The van der Waals surface area contributed by atoms with Crippen molar-refractivity contribution in [3.8, 4) is 5.75 Å². The number of fused-ring (bicyclic) bond motifs is 1. The summed E-state index contributed by atoms with van der Waals surface area (Å²) in [6.07, 6.45) is 5.71. The molecule has 4 nitrogen and oxygen atoms in total. The molecule has 1 atom stereocenters. The smallest absolute Gasteiger partial charge is 0.163 e. The Morgan fingerprint density at radius 3 is 3.09 bits per heavy atom. The third-order valence-corrected chi connectivity index (χ3v) is 4.43. The molecule has 2 heterocycles. The van der Waals surface area contributed by atoms with E-state index in [1.165, 1.54) is 12.8 Å². The van der Waals surface area contributed by atoms with Crippen molar-refractivity contribution in [1.29, 1.82) is 0 Å². The number of pyridine rings is 1. The van der Waals surface area contributed by atoms with Crippen LogP contribution < -0.4 is 10.1 Å². The molecule has 1 aliphatic rings. The summed E-state index contributed by atoms with van der Waals surface area (Å²) >= 11 is 0. The molecule has 1 unspecified atom stereocenters. The molecule has 22 heavy (non-hydrogen) atoms. The van der Waals surface area contributed by atoms with Crippen LogP contribution in [0.5, 0.6) is 5.75 Å². The van der Waals surface area contributed by atoms with Gasteiger partial charge in [0.25, 0.3) is 0 Å². The Kier molecular flexibility index (Phi) is 4.68. The number of Topliss-reactive ketones (excluding diaryl/α,β-unsaturated/α-hetero) is 1. The Morgan fingerprint density at radius 1 is 1.41 bits per heavy atom. The van der Waals surface area contributed by atoms with Crippen LogP contribution in [0, 0.1) is 5.92 Å². The maximum Gasteiger partial charge on any atom is 0.163 e. The number of piperidine rings is 1. The third-order valence-electron chi connectivity index (χ3n) is 4.43. The van der Waals surface area contributed by atoms with Gasteiger partial charge in [-0.2, -0.15) is 0 Å². The molecule has 1 N–H and O–H groups in total. The van der Waals surface area contributed by atoms with Crippen LogP contribution >= 0.6 is 0 Å². The molecule has 1 fully saturated rings. The van der Waals surface area contributed by atoms with E-state index in [-0.39, 0.29) is 5.78 Å². The molecule has 0 spiro atoms. The van der Waals surface area contributed by atoms with Crippen LogP contribution in [-0.4, -0.2) is 31.0 Å². The highest BCUT2D eigenvalue weighted by atomic mass is 16.5. The van der Waals surface area contributed by atoms with Crippen molar-refractivity contribution in [3.63, 3.8) is 0 Å². The number of carbonyl (C=O) groups excluding carboxylic acids is 1. The average Bonchev–Trinajstić information content (AvgIpc) is 2.59. The maximum atomic E-state index is 12.6. The summed E-state index contributed by atoms with van der Waals surface area (Å²) in [5.74, 6) is 1.58. The quantitative estimate of drug-likeness (QED) is 0.861. The van der Waals surface area contributed by atoms with E-state index < -0.39 is 0 Å². The second-order valence-corrected chi connectivity index (χ2v) is 5.92. The molecule has 1 aromatic carbocycles. The Hall–Kier alpha value is -1.94. The van der Waals surface area contributed by atoms with Crippen molar-refractivity contribution < 1.29 is 9.53 Å². The number of rotatable bonds is 5. The van der Waals surface area contributed by atoms with Crippen molar-refractivity contribution in [2.75, 3.05) is 20.2 Å². The van der Waals surface area contributed by atoms with E-state index in [4.69, 9.17) is 4.74 Å². The molecule has 3 rings (SSSR count). The lowest BCUT2D eigenvalue weighted by molar-refractivity contribution is 0.0973. The summed E-state index contributed by atoms with van der Waals surface area (Å²) in [7, 11) is 1.63. The molecular formula is C18H22N2O2. The van der Waals surface area contributed by atoms with Gasteiger partial charge in [-0.25, -0.2) is 0 Å². The summed E-state index contributed by atoms with van der Waals surface area (Å²) in [5, 5.41) is 4.29. The summed E-state index contributed by atoms with van der Waals surface area (Å²) in [5.41, 5.74) is 1.60. The van der Waals surface area contributed by atoms with Crippen molar-refractivity contribution in [2.24, 2.45) is 5.92 Å². The van der Waals surface area contributed by atoms with Crippen LogP contribution in [0.4, 0.5) is 0 Å². The Bertz CT molecular complexity index is 663. The van der Waals surface area contributed by atoms with Gasteiger partial charge in [-0.1, -0.05) is 0 Å². The van der Waals surface area contributed by atoms with Gasteiger partial charge in [0.15, 0.2) is 5.78 Å². The number of nitrogens with zero attached hydrogens (tertiary/aromatic N) is 1. The highest BCUT2D eigenvalue weighted by Crippen LogP contribution is 2.25.